The van der Waals surface area contributed by atoms with E-state index in [-0.39, 0.29) is 10.0 Å². The average molecular weight is 337 g/mol. The van der Waals surface area contributed by atoms with Crippen molar-refractivity contribution in [3.8, 4) is 0 Å². The van der Waals surface area contributed by atoms with Gasteiger partial charge in [0.05, 0.1) is 17.0 Å². The van der Waals surface area contributed by atoms with Crippen LogP contribution in [0.4, 0.5) is 8.78 Å². The number of aliphatic hydroxyl groups is 1. The zero-order valence-corrected chi connectivity index (χ0v) is 12.1. The molecule has 9 heteroatoms. The second-order valence-corrected chi connectivity index (χ2v) is 6.48. The maximum absolute atomic E-state index is 12.9. The Bertz CT molecular complexity index is 768. The number of nitrogens with zero attached hydrogens (tertiary/aromatic N) is 1. The minimum atomic E-state index is -4.11. The largest absolute Gasteiger partial charge is 0.390 e. The zero-order valence-electron chi connectivity index (χ0n) is 10.6. The van der Waals surface area contributed by atoms with Gasteiger partial charge in [0.15, 0.2) is 0 Å². The smallest absolute Gasteiger partial charge is 0.283 e. The molecule has 21 heavy (non-hydrogen) atoms. The van der Waals surface area contributed by atoms with E-state index in [0.717, 1.165) is 0 Å². The van der Waals surface area contributed by atoms with Gasteiger partial charge in [0.1, 0.15) is 11.8 Å². The van der Waals surface area contributed by atoms with E-state index in [1.807, 2.05) is 0 Å². The molecule has 0 saturated heterocycles. The average Bonchev–Trinajstić information content (AvgIpc) is 2.45. The molecule has 0 radical (unpaired) electrons. The van der Waals surface area contributed by atoms with Gasteiger partial charge in [0.2, 0.25) is 10.0 Å². The molecule has 114 valence electrons. The Labute approximate surface area is 124 Å². The van der Waals surface area contributed by atoms with E-state index in [1.165, 1.54) is 24.3 Å². The van der Waals surface area contributed by atoms with Gasteiger partial charge >= 0.3 is 0 Å². The van der Waals surface area contributed by atoms with Gasteiger partial charge < -0.3 is 5.11 Å². The predicted molar refractivity (Wildman–Crippen MR) is 74.0 cm³/mol. The Morgan fingerprint density at radius 1 is 1.29 bits per heavy atom. The molecule has 1 aromatic carbocycles. The number of pyridine rings is 1. The van der Waals surface area contributed by atoms with Gasteiger partial charge in [-0.15, -0.1) is 0 Å². The number of benzene rings is 1. The van der Waals surface area contributed by atoms with Crippen LogP contribution in [0.1, 0.15) is 0 Å². The number of aromatic nitrogens is 1. The van der Waals surface area contributed by atoms with Gasteiger partial charge in [0, 0.05) is 5.39 Å². The van der Waals surface area contributed by atoms with Crippen molar-refractivity contribution in [2.75, 3.05) is 13.2 Å². The van der Waals surface area contributed by atoms with Crippen molar-refractivity contribution in [2.45, 2.75) is 10.8 Å². The first-order valence-electron chi connectivity index (χ1n) is 5.78. The number of rotatable bonds is 5. The van der Waals surface area contributed by atoms with Gasteiger partial charge in [-0.1, -0.05) is 11.6 Å². The van der Waals surface area contributed by atoms with Crippen LogP contribution in [0.15, 0.2) is 35.2 Å². The van der Waals surface area contributed by atoms with Crippen LogP contribution in [0.5, 0.6) is 0 Å². The van der Waals surface area contributed by atoms with E-state index in [2.05, 4.69) is 4.98 Å². The van der Waals surface area contributed by atoms with Gasteiger partial charge in [-0.05, 0) is 30.3 Å². The van der Waals surface area contributed by atoms with Crippen molar-refractivity contribution in [3.05, 3.63) is 35.5 Å². The number of alkyl halides is 2. The zero-order chi connectivity index (χ0) is 15.7. The normalized spacial score (nSPS) is 12.8. The number of halogens is 3. The summed E-state index contributed by atoms with van der Waals surface area (Å²) < 4.78 is 51.4. The first-order chi connectivity index (χ1) is 9.73. The number of hydrogen-bond donors (Lipinski definition) is 2. The molecule has 5 nitrogen and oxygen atoms in total. The van der Waals surface area contributed by atoms with Crippen molar-refractivity contribution in [1.82, 2.24) is 9.71 Å². The van der Waals surface area contributed by atoms with Crippen molar-refractivity contribution < 1.29 is 22.3 Å². The third-order valence-electron chi connectivity index (χ3n) is 2.69. The molecule has 0 spiro atoms. The van der Waals surface area contributed by atoms with Gasteiger partial charge in [-0.3, -0.25) is 0 Å². The Morgan fingerprint density at radius 2 is 2.00 bits per heavy atom. The highest BCUT2D eigenvalue weighted by Gasteiger charge is 2.30. The van der Waals surface area contributed by atoms with Crippen molar-refractivity contribution >= 4 is 32.5 Å². The molecular weight excluding hydrogens is 326 g/mol. The summed E-state index contributed by atoms with van der Waals surface area (Å²) >= 11 is 5.72. The molecule has 0 aliphatic heterocycles. The van der Waals surface area contributed by atoms with Gasteiger partial charge in [-0.2, -0.15) is 0 Å². The molecule has 0 aliphatic rings. The molecule has 0 saturated carbocycles. The molecule has 0 fully saturated rings. The maximum atomic E-state index is 12.9. The standard InChI is InChI=1S/C12H11ClF2N2O3S/c13-11-4-1-8-5-9(2-3-10(8)17-11)21(19,20)16-6-12(14,15)7-18/h1-5,16,18H,6-7H2. The molecule has 2 rings (SSSR count). The highest BCUT2D eigenvalue weighted by atomic mass is 35.5. The maximum Gasteiger partial charge on any atom is 0.283 e. The molecule has 0 amide bonds. The van der Waals surface area contributed by atoms with E-state index >= 15 is 0 Å². The Kier molecular flexibility index (Phi) is 4.43. The van der Waals surface area contributed by atoms with E-state index in [4.69, 9.17) is 16.7 Å². The number of sulfonamides is 1. The lowest BCUT2D eigenvalue weighted by Gasteiger charge is -2.14. The summed E-state index contributed by atoms with van der Waals surface area (Å²) in [6.07, 6.45) is 0. The minimum Gasteiger partial charge on any atom is -0.390 e. The fourth-order valence-corrected chi connectivity index (χ4v) is 2.84. The topological polar surface area (TPSA) is 79.3 Å². The lowest BCUT2D eigenvalue weighted by atomic mass is 10.2. The summed E-state index contributed by atoms with van der Waals surface area (Å²) in [6.45, 7) is -2.61. The second kappa shape index (κ2) is 5.80. The van der Waals surface area contributed by atoms with Crippen molar-refractivity contribution in [2.24, 2.45) is 0 Å². The summed E-state index contributed by atoms with van der Waals surface area (Å²) in [4.78, 5) is 3.82. The van der Waals surface area contributed by atoms with E-state index in [0.29, 0.717) is 10.9 Å². The molecule has 0 unspecified atom stereocenters. The first-order valence-corrected chi connectivity index (χ1v) is 7.64. The van der Waals surface area contributed by atoms with Crippen LogP contribution in [0.2, 0.25) is 5.15 Å². The summed E-state index contributed by atoms with van der Waals surface area (Å²) in [5.41, 5.74) is 0.488. The summed E-state index contributed by atoms with van der Waals surface area (Å²) in [6, 6.07) is 7.04. The number of fused-ring (bicyclic) bond motifs is 1. The third kappa shape index (κ3) is 3.85. The lowest BCUT2D eigenvalue weighted by Crippen LogP contribution is -2.38. The minimum absolute atomic E-state index is 0.173. The highest BCUT2D eigenvalue weighted by molar-refractivity contribution is 7.89. The fourth-order valence-electron chi connectivity index (χ4n) is 1.59. The fraction of sp³-hybridized carbons (Fsp3) is 0.250. The van der Waals surface area contributed by atoms with E-state index in [9.17, 15) is 17.2 Å². The predicted octanol–water partition coefficient (Wildman–Crippen LogP) is 1.79. The number of hydrogen-bond acceptors (Lipinski definition) is 4. The quantitative estimate of drug-likeness (QED) is 0.816. The molecule has 0 atom stereocenters. The molecular formula is C12H11ClF2N2O3S. The Hall–Kier alpha value is -1.35. The molecule has 0 bridgehead atoms. The van der Waals surface area contributed by atoms with Crippen LogP contribution in [0.25, 0.3) is 10.9 Å². The lowest BCUT2D eigenvalue weighted by molar-refractivity contribution is -0.0437. The van der Waals surface area contributed by atoms with Crippen molar-refractivity contribution in [3.63, 3.8) is 0 Å². The van der Waals surface area contributed by atoms with Gasteiger partial charge in [-0.25, -0.2) is 26.9 Å². The van der Waals surface area contributed by atoms with Crippen LogP contribution < -0.4 is 4.72 Å². The van der Waals surface area contributed by atoms with E-state index < -0.39 is 29.1 Å². The number of nitrogens with one attached hydrogen (secondary N) is 1. The summed E-state index contributed by atoms with van der Waals surface area (Å²) in [5.74, 6) is -3.51. The summed E-state index contributed by atoms with van der Waals surface area (Å²) in [5, 5.41) is 9.20. The molecule has 2 aromatic rings. The number of aliphatic hydroxyl groups excluding tert-OH is 1. The monoisotopic (exact) mass is 336 g/mol. The van der Waals surface area contributed by atoms with Crippen LogP contribution in [0.3, 0.4) is 0 Å². The Morgan fingerprint density at radius 3 is 2.67 bits per heavy atom. The van der Waals surface area contributed by atoms with Crippen molar-refractivity contribution in [1.29, 1.82) is 0 Å². The van der Waals surface area contributed by atoms with Crippen LogP contribution in [-0.2, 0) is 10.0 Å². The Balaban J connectivity index is 2.30. The molecule has 1 heterocycles. The molecule has 2 N–H and O–H groups in total. The van der Waals surface area contributed by atoms with Crippen LogP contribution >= 0.6 is 11.6 Å². The third-order valence-corrected chi connectivity index (χ3v) is 4.30. The molecule has 1 aromatic heterocycles. The first kappa shape index (κ1) is 16.0. The summed E-state index contributed by atoms with van der Waals surface area (Å²) in [7, 11) is -4.11. The van der Waals surface area contributed by atoms with E-state index in [1.54, 1.807) is 10.8 Å². The molecule has 0 aliphatic carbocycles. The second-order valence-electron chi connectivity index (χ2n) is 4.33. The van der Waals surface area contributed by atoms with Crippen LogP contribution in [0, 0.1) is 0 Å². The highest BCUT2D eigenvalue weighted by Crippen LogP contribution is 2.20. The van der Waals surface area contributed by atoms with Crippen LogP contribution in [-0.4, -0.2) is 37.6 Å². The van der Waals surface area contributed by atoms with Gasteiger partial charge in [0.25, 0.3) is 5.92 Å². The SMILES string of the molecule is O=S(=O)(NCC(F)(F)CO)c1ccc2nc(Cl)ccc2c1.